The number of thiophene rings is 1. The van der Waals surface area contributed by atoms with Crippen molar-refractivity contribution in [1.82, 2.24) is 0 Å². The van der Waals surface area contributed by atoms with E-state index in [9.17, 15) is 0 Å². The van der Waals surface area contributed by atoms with Crippen molar-refractivity contribution in [3.05, 3.63) is 57.8 Å². The van der Waals surface area contributed by atoms with Gasteiger partial charge < -0.3 is 5.73 Å². The third-order valence-electron chi connectivity index (χ3n) is 4.19. The Morgan fingerprint density at radius 2 is 1.75 bits per heavy atom. The second-order valence-electron chi connectivity index (χ2n) is 5.51. The van der Waals surface area contributed by atoms with Crippen molar-refractivity contribution in [3.8, 4) is 0 Å². The van der Waals surface area contributed by atoms with E-state index >= 15 is 0 Å². The van der Waals surface area contributed by atoms with Crippen LogP contribution in [0.5, 0.6) is 0 Å². The van der Waals surface area contributed by atoms with Crippen LogP contribution in [0.4, 0.5) is 0 Å². The summed E-state index contributed by atoms with van der Waals surface area (Å²) in [5.41, 5.74) is 7.99. The Morgan fingerprint density at radius 3 is 2.30 bits per heavy atom. The molecule has 2 heteroatoms. The molecule has 0 aliphatic rings. The van der Waals surface area contributed by atoms with Crippen LogP contribution in [0.1, 0.15) is 54.5 Å². The van der Waals surface area contributed by atoms with Gasteiger partial charge in [0.2, 0.25) is 0 Å². The summed E-state index contributed by atoms with van der Waals surface area (Å²) in [5, 5.41) is 0. The van der Waals surface area contributed by atoms with Crippen LogP contribution < -0.4 is 5.73 Å². The topological polar surface area (TPSA) is 26.0 Å². The summed E-state index contributed by atoms with van der Waals surface area (Å²) in [4.78, 5) is 2.74. The number of hydrogen-bond acceptors (Lipinski definition) is 2. The first-order chi connectivity index (χ1) is 9.67. The first-order valence-corrected chi connectivity index (χ1v) is 8.38. The molecule has 2 aromatic rings. The summed E-state index contributed by atoms with van der Waals surface area (Å²) >= 11 is 1.87. The Balaban J connectivity index is 2.31. The molecule has 0 aliphatic carbocycles. The van der Waals surface area contributed by atoms with Gasteiger partial charge in [0, 0.05) is 21.7 Å². The predicted molar refractivity (Wildman–Crippen MR) is 89.3 cm³/mol. The fourth-order valence-corrected chi connectivity index (χ4v) is 3.76. The molecule has 3 unspecified atom stereocenters. The fraction of sp³-hybridized carbons (Fsp3) is 0.444. The third-order valence-corrected chi connectivity index (χ3v) is 5.52. The molecule has 0 saturated carbocycles. The van der Waals surface area contributed by atoms with Crippen molar-refractivity contribution < 1.29 is 0 Å². The van der Waals surface area contributed by atoms with Gasteiger partial charge in [-0.15, -0.1) is 11.3 Å². The molecule has 0 radical (unpaired) electrons. The normalized spacial score (nSPS) is 15.8. The van der Waals surface area contributed by atoms with E-state index < -0.39 is 0 Å². The number of nitrogens with two attached hydrogens (primary N) is 1. The fourth-order valence-electron chi connectivity index (χ4n) is 2.76. The molecular weight excluding hydrogens is 262 g/mol. The molecule has 0 saturated heterocycles. The Hall–Kier alpha value is -1.12. The van der Waals surface area contributed by atoms with Crippen LogP contribution in [0.25, 0.3) is 0 Å². The lowest BCUT2D eigenvalue weighted by molar-refractivity contribution is 0.391. The molecule has 0 spiro atoms. The van der Waals surface area contributed by atoms with Crippen LogP contribution in [0.2, 0.25) is 0 Å². The molecule has 1 aromatic carbocycles. The Kier molecular flexibility index (Phi) is 5.38. The molecule has 20 heavy (non-hydrogen) atoms. The van der Waals surface area contributed by atoms with Gasteiger partial charge in [-0.2, -0.15) is 0 Å². The largest absolute Gasteiger partial charge is 0.323 e. The molecule has 2 N–H and O–H groups in total. The molecule has 0 bridgehead atoms. The standard InChI is InChI=1S/C18H25NS/c1-4-13(3)17(14-9-7-6-8-10-14)18(19)16-12-11-15(5-2)20-16/h6-13,17-18H,4-5,19H2,1-3H3. The van der Waals surface area contributed by atoms with E-state index in [2.05, 4.69) is 63.2 Å². The molecule has 0 aliphatic heterocycles. The summed E-state index contributed by atoms with van der Waals surface area (Å²) < 4.78 is 0. The molecule has 3 atom stereocenters. The highest BCUT2D eigenvalue weighted by Crippen LogP contribution is 2.39. The summed E-state index contributed by atoms with van der Waals surface area (Å²) in [7, 11) is 0. The molecule has 0 amide bonds. The quantitative estimate of drug-likeness (QED) is 0.782. The van der Waals surface area contributed by atoms with Crippen molar-refractivity contribution >= 4 is 11.3 Å². The lowest BCUT2D eigenvalue weighted by atomic mass is 9.80. The van der Waals surface area contributed by atoms with Crippen LogP contribution >= 0.6 is 11.3 Å². The second-order valence-corrected chi connectivity index (χ2v) is 6.71. The zero-order valence-corrected chi connectivity index (χ0v) is 13.5. The van der Waals surface area contributed by atoms with E-state index in [0.717, 1.165) is 12.8 Å². The minimum absolute atomic E-state index is 0.0950. The molecule has 1 aromatic heterocycles. The van der Waals surface area contributed by atoms with Gasteiger partial charge in [0.1, 0.15) is 0 Å². The lowest BCUT2D eigenvalue weighted by Gasteiger charge is -2.29. The zero-order valence-electron chi connectivity index (χ0n) is 12.7. The van der Waals surface area contributed by atoms with Gasteiger partial charge in [-0.25, -0.2) is 0 Å². The molecule has 1 heterocycles. The van der Waals surface area contributed by atoms with E-state index in [1.54, 1.807) is 0 Å². The van der Waals surface area contributed by atoms with Crippen LogP contribution in [0.15, 0.2) is 42.5 Å². The first-order valence-electron chi connectivity index (χ1n) is 7.56. The van der Waals surface area contributed by atoms with Gasteiger partial charge in [-0.1, -0.05) is 57.5 Å². The monoisotopic (exact) mass is 287 g/mol. The van der Waals surface area contributed by atoms with Crippen molar-refractivity contribution in [2.45, 2.75) is 45.6 Å². The smallest absolute Gasteiger partial charge is 0.0462 e. The van der Waals surface area contributed by atoms with Crippen molar-refractivity contribution in [2.75, 3.05) is 0 Å². The summed E-state index contributed by atoms with van der Waals surface area (Å²) in [6.07, 6.45) is 2.25. The van der Waals surface area contributed by atoms with Crippen LogP contribution in [0.3, 0.4) is 0 Å². The number of aryl methyl sites for hydroxylation is 1. The Labute approximate surface area is 126 Å². The van der Waals surface area contributed by atoms with Crippen LogP contribution in [-0.4, -0.2) is 0 Å². The maximum absolute atomic E-state index is 6.63. The van der Waals surface area contributed by atoms with E-state index in [1.807, 2.05) is 11.3 Å². The zero-order chi connectivity index (χ0) is 14.5. The summed E-state index contributed by atoms with van der Waals surface area (Å²) in [5.74, 6) is 0.976. The van der Waals surface area contributed by atoms with Crippen LogP contribution in [0, 0.1) is 5.92 Å². The maximum atomic E-state index is 6.63. The Morgan fingerprint density at radius 1 is 1.05 bits per heavy atom. The van der Waals surface area contributed by atoms with Gasteiger partial charge >= 0.3 is 0 Å². The molecule has 0 fully saturated rings. The average Bonchev–Trinajstić information content (AvgIpc) is 2.97. The molecule has 108 valence electrons. The van der Waals surface area contributed by atoms with Crippen molar-refractivity contribution in [1.29, 1.82) is 0 Å². The SMILES string of the molecule is CCc1ccc(C(N)C(c2ccccc2)C(C)CC)s1. The van der Waals surface area contributed by atoms with Crippen molar-refractivity contribution in [3.63, 3.8) is 0 Å². The second kappa shape index (κ2) is 7.05. The predicted octanol–water partition coefficient (Wildman–Crippen LogP) is 5.14. The maximum Gasteiger partial charge on any atom is 0.0462 e. The highest BCUT2D eigenvalue weighted by atomic mass is 32.1. The highest BCUT2D eigenvalue weighted by Gasteiger charge is 2.26. The number of benzene rings is 1. The minimum atomic E-state index is 0.0950. The lowest BCUT2D eigenvalue weighted by Crippen LogP contribution is -2.24. The summed E-state index contributed by atoms with van der Waals surface area (Å²) in [6, 6.07) is 15.3. The van der Waals surface area contributed by atoms with Crippen molar-refractivity contribution in [2.24, 2.45) is 11.7 Å². The average molecular weight is 287 g/mol. The Bertz CT molecular complexity index is 517. The van der Waals surface area contributed by atoms with E-state index in [0.29, 0.717) is 11.8 Å². The molecule has 1 nitrogen and oxygen atoms in total. The van der Waals surface area contributed by atoms with Gasteiger partial charge in [-0.3, -0.25) is 0 Å². The highest BCUT2D eigenvalue weighted by molar-refractivity contribution is 7.12. The van der Waals surface area contributed by atoms with Gasteiger partial charge in [0.25, 0.3) is 0 Å². The van der Waals surface area contributed by atoms with Gasteiger partial charge in [0.05, 0.1) is 0 Å². The number of rotatable bonds is 6. The molecule has 2 rings (SSSR count). The summed E-state index contributed by atoms with van der Waals surface area (Å²) in [6.45, 7) is 6.76. The third kappa shape index (κ3) is 3.31. The van der Waals surface area contributed by atoms with Gasteiger partial charge in [0.15, 0.2) is 0 Å². The van der Waals surface area contributed by atoms with Gasteiger partial charge in [-0.05, 0) is 30.0 Å². The number of hydrogen-bond donors (Lipinski definition) is 1. The van der Waals surface area contributed by atoms with Crippen LogP contribution in [-0.2, 0) is 6.42 Å². The van der Waals surface area contributed by atoms with E-state index in [4.69, 9.17) is 5.73 Å². The minimum Gasteiger partial charge on any atom is -0.323 e. The van der Waals surface area contributed by atoms with E-state index in [-0.39, 0.29) is 6.04 Å². The first kappa shape index (κ1) is 15.3. The van der Waals surface area contributed by atoms with E-state index in [1.165, 1.54) is 15.3 Å². The molecular formula is C18H25NS.